The van der Waals surface area contributed by atoms with Gasteiger partial charge in [-0.15, -0.1) is 0 Å². The molecule has 1 heterocycles. The van der Waals surface area contributed by atoms with E-state index in [2.05, 4.69) is 36.2 Å². The van der Waals surface area contributed by atoms with Gasteiger partial charge < -0.3 is 10.1 Å². The first-order valence-corrected chi connectivity index (χ1v) is 7.23. The number of aromatic nitrogens is 3. The number of hydrogen-bond donors (Lipinski definition) is 1. The molecule has 0 spiro atoms. The molecule has 0 aromatic carbocycles. The summed E-state index contributed by atoms with van der Waals surface area (Å²) >= 11 is 0. The Balaban J connectivity index is 2.48. The van der Waals surface area contributed by atoms with E-state index in [0.29, 0.717) is 11.8 Å². The minimum absolute atomic E-state index is 0.603. The zero-order valence-corrected chi connectivity index (χ0v) is 12.7. The summed E-state index contributed by atoms with van der Waals surface area (Å²) in [5, 5.41) is 7.70. The fourth-order valence-electron chi connectivity index (χ4n) is 2.35. The predicted octanol–water partition coefficient (Wildman–Crippen LogP) is 1.74. The van der Waals surface area contributed by atoms with Crippen LogP contribution in [0.1, 0.15) is 33.0 Å². The van der Waals surface area contributed by atoms with Crippen LogP contribution in [0.3, 0.4) is 0 Å². The molecule has 0 aliphatic carbocycles. The van der Waals surface area contributed by atoms with E-state index >= 15 is 0 Å². The molecule has 0 aliphatic heterocycles. The molecular formula is C14H28N4O. The summed E-state index contributed by atoms with van der Waals surface area (Å²) in [4.78, 5) is 4.38. The highest BCUT2D eigenvalue weighted by atomic mass is 16.5. The maximum Gasteiger partial charge on any atom is 0.138 e. The van der Waals surface area contributed by atoms with Crippen molar-refractivity contribution in [3.05, 3.63) is 12.2 Å². The molecule has 0 aliphatic rings. The highest BCUT2D eigenvalue weighted by Crippen LogP contribution is 2.15. The van der Waals surface area contributed by atoms with E-state index in [1.54, 1.807) is 13.4 Å². The van der Waals surface area contributed by atoms with Crippen molar-refractivity contribution < 1.29 is 4.74 Å². The fraction of sp³-hybridized carbons (Fsp3) is 0.857. The van der Waals surface area contributed by atoms with Gasteiger partial charge in [0, 0.05) is 26.6 Å². The normalized spacial score (nSPS) is 13.1. The van der Waals surface area contributed by atoms with Crippen molar-refractivity contribution in [3.63, 3.8) is 0 Å². The van der Waals surface area contributed by atoms with Gasteiger partial charge in [-0.2, -0.15) is 5.10 Å². The van der Waals surface area contributed by atoms with Crippen LogP contribution >= 0.6 is 0 Å². The Morgan fingerprint density at radius 2 is 2.21 bits per heavy atom. The molecule has 19 heavy (non-hydrogen) atoms. The molecule has 1 atom stereocenters. The van der Waals surface area contributed by atoms with Gasteiger partial charge in [-0.05, 0) is 31.7 Å². The zero-order chi connectivity index (χ0) is 14.1. The van der Waals surface area contributed by atoms with Gasteiger partial charge in [-0.25, -0.2) is 4.98 Å². The molecule has 1 N–H and O–H groups in total. The van der Waals surface area contributed by atoms with Gasteiger partial charge >= 0.3 is 0 Å². The van der Waals surface area contributed by atoms with Crippen molar-refractivity contribution in [2.75, 3.05) is 26.8 Å². The maximum atomic E-state index is 5.06. The average Bonchev–Trinajstić information content (AvgIpc) is 2.81. The van der Waals surface area contributed by atoms with Crippen LogP contribution in [-0.4, -0.2) is 41.6 Å². The summed E-state index contributed by atoms with van der Waals surface area (Å²) in [6.07, 6.45) is 3.85. The summed E-state index contributed by atoms with van der Waals surface area (Å²) in [6.45, 7) is 10.2. The summed E-state index contributed by atoms with van der Waals surface area (Å²) < 4.78 is 7.05. The smallest absolute Gasteiger partial charge is 0.138 e. The molecule has 0 amide bonds. The topological polar surface area (TPSA) is 52.0 Å². The van der Waals surface area contributed by atoms with Crippen molar-refractivity contribution >= 4 is 0 Å². The Morgan fingerprint density at radius 3 is 2.84 bits per heavy atom. The summed E-state index contributed by atoms with van der Waals surface area (Å²) in [5.74, 6) is 2.40. The van der Waals surface area contributed by atoms with Crippen molar-refractivity contribution in [1.82, 2.24) is 20.1 Å². The molecule has 0 radical (unpaired) electrons. The number of aryl methyl sites for hydroxylation is 1. The molecule has 0 fully saturated rings. The number of rotatable bonds is 10. The third-order valence-electron chi connectivity index (χ3n) is 3.19. The van der Waals surface area contributed by atoms with E-state index in [0.717, 1.165) is 38.5 Å². The summed E-state index contributed by atoms with van der Waals surface area (Å²) in [7, 11) is 1.73. The standard InChI is InChI=1S/C14H28N4O/c1-5-18-14(16-11-17-18)9-13(8-12(2)3)10-15-6-7-19-4/h11-13,15H,5-10H2,1-4H3. The summed E-state index contributed by atoms with van der Waals surface area (Å²) in [5.41, 5.74) is 0. The molecule has 1 aromatic rings. The van der Waals surface area contributed by atoms with Crippen molar-refractivity contribution in [2.45, 2.75) is 40.2 Å². The second-order valence-corrected chi connectivity index (χ2v) is 5.39. The molecular weight excluding hydrogens is 240 g/mol. The third kappa shape index (κ3) is 6.16. The predicted molar refractivity (Wildman–Crippen MR) is 77.1 cm³/mol. The first kappa shape index (κ1) is 16.1. The minimum atomic E-state index is 0.603. The lowest BCUT2D eigenvalue weighted by Crippen LogP contribution is -2.29. The van der Waals surface area contributed by atoms with E-state index < -0.39 is 0 Å². The van der Waals surface area contributed by atoms with E-state index in [1.165, 1.54) is 6.42 Å². The van der Waals surface area contributed by atoms with Crippen LogP contribution in [0.4, 0.5) is 0 Å². The number of methoxy groups -OCH3 is 1. The van der Waals surface area contributed by atoms with Crippen molar-refractivity contribution in [2.24, 2.45) is 11.8 Å². The van der Waals surface area contributed by atoms with Crippen LogP contribution in [0.5, 0.6) is 0 Å². The quantitative estimate of drug-likeness (QED) is 0.657. The highest BCUT2D eigenvalue weighted by Gasteiger charge is 2.15. The van der Waals surface area contributed by atoms with Crippen molar-refractivity contribution in [1.29, 1.82) is 0 Å². The van der Waals surface area contributed by atoms with E-state index in [9.17, 15) is 0 Å². The molecule has 5 heteroatoms. The van der Waals surface area contributed by atoms with E-state index in [4.69, 9.17) is 4.74 Å². The average molecular weight is 268 g/mol. The van der Waals surface area contributed by atoms with Crippen LogP contribution in [0.2, 0.25) is 0 Å². The van der Waals surface area contributed by atoms with Gasteiger partial charge in [0.2, 0.25) is 0 Å². The minimum Gasteiger partial charge on any atom is -0.383 e. The zero-order valence-electron chi connectivity index (χ0n) is 12.7. The third-order valence-corrected chi connectivity index (χ3v) is 3.19. The van der Waals surface area contributed by atoms with E-state index in [-0.39, 0.29) is 0 Å². The maximum absolute atomic E-state index is 5.06. The highest BCUT2D eigenvalue weighted by molar-refractivity contribution is 4.88. The number of ether oxygens (including phenoxy) is 1. The van der Waals surface area contributed by atoms with Crippen LogP contribution < -0.4 is 5.32 Å². The Bertz CT molecular complexity index is 338. The van der Waals surface area contributed by atoms with Crippen LogP contribution in [0, 0.1) is 11.8 Å². The Labute approximate surface area is 116 Å². The number of nitrogens with one attached hydrogen (secondary N) is 1. The largest absolute Gasteiger partial charge is 0.383 e. The monoisotopic (exact) mass is 268 g/mol. The molecule has 0 bridgehead atoms. The van der Waals surface area contributed by atoms with Crippen LogP contribution in [0.25, 0.3) is 0 Å². The van der Waals surface area contributed by atoms with Gasteiger partial charge in [0.15, 0.2) is 0 Å². The molecule has 5 nitrogen and oxygen atoms in total. The van der Waals surface area contributed by atoms with Crippen molar-refractivity contribution in [3.8, 4) is 0 Å². The first-order valence-electron chi connectivity index (χ1n) is 7.23. The Kier molecular flexibility index (Phi) is 7.67. The lowest BCUT2D eigenvalue weighted by molar-refractivity contribution is 0.196. The SMILES string of the molecule is CCn1ncnc1CC(CNCCOC)CC(C)C. The second kappa shape index (κ2) is 9.04. The molecule has 1 rings (SSSR count). The van der Waals surface area contributed by atoms with Gasteiger partial charge in [0.05, 0.1) is 6.61 Å². The lowest BCUT2D eigenvalue weighted by atomic mass is 9.93. The molecule has 1 unspecified atom stereocenters. The van der Waals surface area contributed by atoms with Gasteiger partial charge in [-0.3, -0.25) is 4.68 Å². The Hall–Kier alpha value is -0.940. The molecule has 110 valence electrons. The lowest BCUT2D eigenvalue weighted by Gasteiger charge is -2.19. The molecule has 0 saturated heterocycles. The van der Waals surface area contributed by atoms with E-state index in [1.807, 2.05) is 4.68 Å². The molecule has 1 aromatic heterocycles. The summed E-state index contributed by atoms with van der Waals surface area (Å²) in [6, 6.07) is 0. The van der Waals surface area contributed by atoms with Gasteiger partial charge in [-0.1, -0.05) is 13.8 Å². The fourth-order valence-corrected chi connectivity index (χ4v) is 2.35. The van der Waals surface area contributed by atoms with Crippen LogP contribution in [0.15, 0.2) is 6.33 Å². The Morgan fingerprint density at radius 1 is 1.42 bits per heavy atom. The van der Waals surface area contributed by atoms with Gasteiger partial charge in [0.25, 0.3) is 0 Å². The van der Waals surface area contributed by atoms with Gasteiger partial charge in [0.1, 0.15) is 12.2 Å². The molecule has 0 saturated carbocycles. The first-order chi connectivity index (χ1) is 9.17. The van der Waals surface area contributed by atoms with Crippen LogP contribution in [-0.2, 0) is 17.7 Å². The second-order valence-electron chi connectivity index (χ2n) is 5.39. The number of hydrogen-bond acceptors (Lipinski definition) is 4. The number of nitrogens with zero attached hydrogens (tertiary/aromatic N) is 3.